The molecular weight excluding hydrogens is 314 g/mol. The number of nitrogens with one attached hydrogen (secondary N) is 1. The fourth-order valence-electron chi connectivity index (χ4n) is 2.76. The van der Waals surface area contributed by atoms with Crippen LogP contribution in [0.3, 0.4) is 0 Å². The third-order valence-corrected chi connectivity index (χ3v) is 5.83. The van der Waals surface area contributed by atoms with Crippen LogP contribution < -0.4 is 5.32 Å². The number of thiazole rings is 2. The van der Waals surface area contributed by atoms with Crippen molar-refractivity contribution in [3.05, 3.63) is 39.8 Å². The van der Waals surface area contributed by atoms with Gasteiger partial charge in [-0.2, -0.15) is 0 Å². The molecule has 1 atom stereocenters. The third kappa shape index (κ3) is 2.53. The Morgan fingerprint density at radius 2 is 2.32 bits per heavy atom. The van der Waals surface area contributed by atoms with E-state index < -0.39 is 0 Å². The SMILES string of the molecule is C[C@H]1CCc2nc(NC(=O)c3ccc4ncsc4c3)sc2C1. The number of aryl methyl sites for hydroxylation is 1. The first kappa shape index (κ1) is 13.8. The first-order chi connectivity index (χ1) is 10.7. The summed E-state index contributed by atoms with van der Waals surface area (Å²) in [5.74, 6) is 0.611. The van der Waals surface area contributed by atoms with E-state index in [1.165, 1.54) is 11.3 Å². The summed E-state index contributed by atoms with van der Waals surface area (Å²) in [6.45, 7) is 2.27. The van der Waals surface area contributed by atoms with Crippen LogP contribution in [0.4, 0.5) is 5.13 Å². The second kappa shape index (κ2) is 5.44. The van der Waals surface area contributed by atoms with Crippen LogP contribution in [-0.2, 0) is 12.8 Å². The van der Waals surface area contributed by atoms with Crippen LogP contribution in [0.1, 0.15) is 34.3 Å². The van der Waals surface area contributed by atoms with Crippen molar-refractivity contribution in [2.45, 2.75) is 26.2 Å². The average Bonchev–Trinajstić information content (AvgIpc) is 3.11. The smallest absolute Gasteiger partial charge is 0.257 e. The Bertz CT molecular complexity index is 852. The Hall–Kier alpha value is -1.79. The number of carbonyl (C=O) groups excluding carboxylic acids is 1. The van der Waals surface area contributed by atoms with E-state index >= 15 is 0 Å². The predicted molar refractivity (Wildman–Crippen MR) is 90.9 cm³/mol. The minimum absolute atomic E-state index is 0.102. The predicted octanol–water partition coefficient (Wildman–Crippen LogP) is 4.13. The molecule has 0 unspecified atom stereocenters. The number of hydrogen-bond acceptors (Lipinski definition) is 5. The molecule has 0 bridgehead atoms. The van der Waals surface area contributed by atoms with E-state index in [1.807, 2.05) is 18.2 Å². The lowest BCUT2D eigenvalue weighted by atomic mass is 9.93. The zero-order valence-corrected chi connectivity index (χ0v) is 13.8. The van der Waals surface area contributed by atoms with Crippen LogP contribution in [0.25, 0.3) is 10.2 Å². The topological polar surface area (TPSA) is 54.9 Å². The average molecular weight is 329 g/mol. The summed E-state index contributed by atoms with van der Waals surface area (Å²) in [7, 11) is 0. The molecular formula is C16H15N3OS2. The highest BCUT2D eigenvalue weighted by atomic mass is 32.1. The molecule has 0 aliphatic heterocycles. The number of benzene rings is 1. The first-order valence-corrected chi connectivity index (χ1v) is 9.02. The Kier molecular flexibility index (Phi) is 3.43. The van der Waals surface area contributed by atoms with Gasteiger partial charge < -0.3 is 0 Å². The third-order valence-electron chi connectivity index (χ3n) is 4.00. The summed E-state index contributed by atoms with van der Waals surface area (Å²) in [5, 5.41) is 3.66. The Labute approximate surface area is 136 Å². The molecule has 0 spiro atoms. The van der Waals surface area contributed by atoms with Crippen LogP contribution in [0.2, 0.25) is 0 Å². The lowest BCUT2D eigenvalue weighted by Gasteiger charge is -2.15. The number of amides is 1. The number of rotatable bonds is 2. The van der Waals surface area contributed by atoms with Gasteiger partial charge in [0, 0.05) is 10.4 Å². The fraction of sp³-hybridized carbons (Fsp3) is 0.312. The van der Waals surface area contributed by atoms with E-state index in [0.29, 0.717) is 16.6 Å². The van der Waals surface area contributed by atoms with E-state index in [4.69, 9.17) is 0 Å². The molecule has 0 saturated heterocycles. The number of fused-ring (bicyclic) bond motifs is 2. The maximum absolute atomic E-state index is 12.4. The van der Waals surface area contributed by atoms with Gasteiger partial charge in [-0.1, -0.05) is 6.92 Å². The highest BCUT2D eigenvalue weighted by molar-refractivity contribution is 7.16. The summed E-state index contributed by atoms with van der Waals surface area (Å²) < 4.78 is 1.03. The van der Waals surface area contributed by atoms with E-state index in [0.717, 1.165) is 28.8 Å². The summed E-state index contributed by atoms with van der Waals surface area (Å²) in [6.07, 6.45) is 3.29. The normalized spacial score (nSPS) is 17.4. The van der Waals surface area contributed by atoms with E-state index in [2.05, 4.69) is 22.2 Å². The van der Waals surface area contributed by atoms with Crippen LogP contribution >= 0.6 is 22.7 Å². The van der Waals surface area contributed by atoms with Crippen molar-refractivity contribution >= 4 is 43.9 Å². The van der Waals surface area contributed by atoms with Crippen molar-refractivity contribution in [3.63, 3.8) is 0 Å². The molecule has 1 N–H and O–H groups in total. The molecule has 4 nitrogen and oxygen atoms in total. The molecule has 4 rings (SSSR count). The fourth-order valence-corrected chi connectivity index (χ4v) is 4.64. The number of carbonyl (C=O) groups is 1. The summed E-state index contributed by atoms with van der Waals surface area (Å²) in [5.41, 5.74) is 4.54. The quantitative estimate of drug-likeness (QED) is 0.769. The lowest BCUT2D eigenvalue weighted by molar-refractivity contribution is 0.102. The molecule has 2 heterocycles. The van der Waals surface area contributed by atoms with Crippen molar-refractivity contribution < 1.29 is 4.79 Å². The molecule has 112 valence electrons. The van der Waals surface area contributed by atoms with Crippen LogP contribution in [0.15, 0.2) is 23.7 Å². The van der Waals surface area contributed by atoms with Crippen LogP contribution in [0.5, 0.6) is 0 Å². The first-order valence-electron chi connectivity index (χ1n) is 7.32. The summed E-state index contributed by atoms with van der Waals surface area (Å²) in [6, 6.07) is 5.58. The van der Waals surface area contributed by atoms with Gasteiger partial charge >= 0.3 is 0 Å². The maximum Gasteiger partial charge on any atom is 0.257 e. The largest absolute Gasteiger partial charge is 0.298 e. The standard InChI is InChI=1S/C16H15N3OS2/c1-9-2-4-12-14(6-9)22-16(18-12)19-15(20)10-3-5-11-13(7-10)21-8-17-11/h3,5,7-9H,2,4,6H2,1H3,(H,18,19,20)/t9-/m0/s1. The van der Waals surface area contributed by atoms with Gasteiger partial charge in [0.05, 0.1) is 21.4 Å². The van der Waals surface area contributed by atoms with Gasteiger partial charge in [0.25, 0.3) is 5.91 Å². The van der Waals surface area contributed by atoms with Crippen molar-refractivity contribution in [3.8, 4) is 0 Å². The van der Waals surface area contributed by atoms with Gasteiger partial charge in [-0.15, -0.1) is 22.7 Å². The molecule has 1 aliphatic rings. The zero-order valence-electron chi connectivity index (χ0n) is 12.1. The maximum atomic E-state index is 12.4. The Balaban J connectivity index is 1.56. The molecule has 0 fully saturated rings. The van der Waals surface area contributed by atoms with Gasteiger partial charge in [0.2, 0.25) is 0 Å². The van der Waals surface area contributed by atoms with Gasteiger partial charge in [-0.05, 0) is 43.4 Å². The van der Waals surface area contributed by atoms with Crippen molar-refractivity contribution in [2.24, 2.45) is 5.92 Å². The molecule has 1 aliphatic carbocycles. The molecule has 6 heteroatoms. The Morgan fingerprint density at radius 3 is 3.23 bits per heavy atom. The van der Waals surface area contributed by atoms with E-state index in [9.17, 15) is 4.79 Å². The van der Waals surface area contributed by atoms with Crippen molar-refractivity contribution in [1.82, 2.24) is 9.97 Å². The highest BCUT2D eigenvalue weighted by Gasteiger charge is 2.20. The van der Waals surface area contributed by atoms with Crippen molar-refractivity contribution in [2.75, 3.05) is 5.32 Å². The molecule has 22 heavy (non-hydrogen) atoms. The second-order valence-corrected chi connectivity index (χ2v) is 7.70. The van der Waals surface area contributed by atoms with E-state index in [1.54, 1.807) is 28.2 Å². The Morgan fingerprint density at radius 1 is 1.41 bits per heavy atom. The van der Waals surface area contributed by atoms with E-state index in [-0.39, 0.29) is 5.91 Å². The van der Waals surface area contributed by atoms with Crippen LogP contribution in [0, 0.1) is 5.92 Å². The molecule has 1 aromatic carbocycles. The van der Waals surface area contributed by atoms with Gasteiger partial charge in [-0.3, -0.25) is 10.1 Å². The second-order valence-electron chi connectivity index (χ2n) is 5.73. The zero-order chi connectivity index (χ0) is 15.1. The number of nitrogens with zero attached hydrogens (tertiary/aromatic N) is 2. The van der Waals surface area contributed by atoms with Crippen molar-refractivity contribution in [1.29, 1.82) is 0 Å². The van der Waals surface area contributed by atoms with Gasteiger partial charge in [0.1, 0.15) is 0 Å². The summed E-state index contributed by atoms with van der Waals surface area (Å²) >= 11 is 3.16. The highest BCUT2D eigenvalue weighted by Crippen LogP contribution is 2.32. The number of hydrogen-bond donors (Lipinski definition) is 1. The van der Waals surface area contributed by atoms with Gasteiger partial charge in [0.15, 0.2) is 5.13 Å². The minimum Gasteiger partial charge on any atom is -0.298 e. The summed E-state index contributed by atoms with van der Waals surface area (Å²) in [4.78, 5) is 22.5. The number of anilines is 1. The molecule has 2 aromatic heterocycles. The minimum atomic E-state index is -0.102. The molecule has 3 aromatic rings. The molecule has 1 amide bonds. The monoisotopic (exact) mass is 329 g/mol. The van der Waals surface area contributed by atoms with Crippen LogP contribution in [-0.4, -0.2) is 15.9 Å². The number of aromatic nitrogens is 2. The van der Waals surface area contributed by atoms with Gasteiger partial charge in [-0.25, -0.2) is 9.97 Å². The molecule has 0 saturated carbocycles. The molecule has 0 radical (unpaired) electrons. The lowest BCUT2D eigenvalue weighted by Crippen LogP contribution is -2.11.